The number of nitrogens with zero attached hydrogens (tertiary/aromatic N) is 2. The van der Waals surface area contributed by atoms with Crippen LogP contribution in [0.5, 0.6) is 0 Å². The zero-order chi connectivity index (χ0) is 13.5. The molecule has 0 aliphatic carbocycles. The van der Waals surface area contributed by atoms with E-state index in [1.165, 1.54) is 12.2 Å². The fourth-order valence-corrected chi connectivity index (χ4v) is 1.82. The molecule has 0 atom stereocenters. The third-order valence-corrected chi connectivity index (χ3v) is 2.91. The van der Waals surface area contributed by atoms with Crippen molar-refractivity contribution in [2.24, 2.45) is 0 Å². The Morgan fingerprint density at radius 2 is 1.83 bits per heavy atom. The second kappa shape index (κ2) is 7.01. The summed E-state index contributed by atoms with van der Waals surface area (Å²) in [6, 6.07) is 7.64. The minimum absolute atomic E-state index is 0.136. The molecule has 1 aromatic rings. The van der Waals surface area contributed by atoms with Gasteiger partial charge in [0.1, 0.15) is 0 Å². The number of carbonyl (C=O) groups excluding carboxylic acids is 1. The lowest BCUT2D eigenvalue weighted by molar-refractivity contribution is -0.0756. The average molecular weight is 250 g/mol. The van der Waals surface area contributed by atoms with E-state index in [9.17, 15) is 4.79 Å². The van der Waals surface area contributed by atoms with Crippen molar-refractivity contribution in [2.75, 3.05) is 32.1 Å². The van der Waals surface area contributed by atoms with Crippen molar-refractivity contribution in [2.45, 2.75) is 20.3 Å². The highest BCUT2D eigenvalue weighted by Crippen LogP contribution is 2.16. The van der Waals surface area contributed by atoms with Crippen LogP contribution in [-0.4, -0.2) is 38.2 Å². The smallest absolute Gasteiger partial charge is 0.277 e. The summed E-state index contributed by atoms with van der Waals surface area (Å²) in [4.78, 5) is 19.0. The number of amides is 1. The first-order valence-corrected chi connectivity index (χ1v) is 6.31. The van der Waals surface area contributed by atoms with Gasteiger partial charge < -0.3 is 4.90 Å². The number of hydrogen-bond acceptors (Lipinski definition) is 3. The molecule has 18 heavy (non-hydrogen) atoms. The second-order valence-corrected chi connectivity index (χ2v) is 4.11. The zero-order valence-corrected chi connectivity index (χ0v) is 11.6. The molecule has 0 saturated heterocycles. The summed E-state index contributed by atoms with van der Waals surface area (Å²) in [6.07, 6.45) is 1.11. The van der Waals surface area contributed by atoms with Crippen LogP contribution in [0.4, 0.5) is 5.69 Å². The number of carbonyl (C=O) groups is 1. The van der Waals surface area contributed by atoms with Crippen LogP contribution < -0.4 is 4.90 Å². The standard InChI is InChI=1S/C14H22N2O2/c1-5-11-16(6-2)13-9-7-12(8-10-13)14(17)15(3)18-4/h7-10H,5-6,11H2,1-4H3. The van der Waals surface area contributed by atoms with Crippen LogP contribution in [0.15, 0.2) is 24.3 Å². The highest BCUT2D eigenvalue weighted by Gasteiger charge is 2.11. The van der Waals surface area contributed by atoms with E-state index in [-0.39, 0.29) is 5.91 Å². The maximum atomic E-state index is 11.8. The van der Waals surface area contributed by atoms with Crippen molar-refractivity contribution in [1.29, 1.82) is 0 Å². The molecule has 1 rings (SSSR count). The minimum Gasteiger partial charge on any atom is -0.372 e. The Bertz CT molecular complexity index is 376. The molecule has 4 heteroatoms. The Balaban J connectivity index is 2.82. The zero-order valence-electron chi connectivity index (χ0n) is 11.6. The van der Waals surface area contributed by atoms with Gasteiger partial charge in [-0.05, 0) is 37.6 Å². The Kier molecular flexibility index (Phi) is 5.65. The van der Waals surface area contributed by atoms with Gasteiger partial charge in [-0.15, -0.1) is 0 Å². The first-order valence-electron chi connectivity index (χ1n) is 6.31. The molecule has 0 bridgehead atoms. The molecule has 100 valence electrons. The van der Waals surface area contributed by atoms with E-state index in [1.807, 2.05) is 24.3 Å². The van der Waals surface area contributed by atoms with E-state index < -0.39 is 0 Å². The maximum Gasteiger partial charge on any atom is 0.277 e. The first-order chi connectivity index (χ1) is 8.63. The Hall–Kier alpha value is -1.55. The van der Waals surface area contributed by atoms with Crippen molar-refractivity contribution in [3.63, 3.8) is 0 Å². The van der Waals surface area contributed by atoms with E-state index in [0.29, 0.717) is 5.56 Å². The number of rotatable bonds is 6. The maximum absolute atomic E-state index is 11.8. The van der Waals surface area contributed by atoms with Gasteiger partial charge in [0, 0.05) is 31.4 Å². The van der Waals surface area contributed by atoms with Gasteiger partial charge in [0.15, 0.2) is 0 Å². The fraction of sp³-hybridized carbons (Fsp3) is 0.500. The molecule has 0 spiro atoms. The molecule has 1 aromatic carbocycles. The summed E-state index contributed by atoms with van der Waals surface area (Å²) in [5.41, 5.74) is 1.78. The van der Waals surface area contributed by atoms with Crippen LogP contribution in [0, 0.1) is 0 Å². The van der Waals surface area contributed by atoms with Gasteiger partial charge in [0.2, 0.25) is 0 Å². The van der Waals surface area contributed by atoms with Crippen molar-refractivity contribution in [3.05, 3.63) is 29.8 Å². The Morgan fingerprint density at radius 3 is 2.28 bits per heavy atom. The van der Waals surface area contributed by atoms with E-state index in [2.05, 4.69) is 18.7 Å². The van der Waals surface area contributed by atoms with Crippen LogP contribution in [0.3, 0.4) is 0 Å². The lowest BCUT2D eigenvalue weighted by Gasteiger charge is -2.22. The first kappa shape index (κ1) is 14.5. The third kappa shape index (κ3) is 3.47. The normalized spacial score (nSPS) is 10.2. The fourth-order valence-electron chi connectivity index (χ4n) is 1.82. The third-order valence-electron chi connectivity index (χ3n) is 2.91. The van der Waals surface area contributed by atoms with E-state index >= 15 is 0 Å². The summed E-state index contributed by atoms with van der Waals surface area (Å²) in [6.45, 7) is 6.29. The molecule has 0 aromatic heterocycles. The molecule has 0 saturated carbocycles. The molecule has 1 amide bonds. The van der Waals surface area contributed by atoms with Gasteiger partial charge in [0.05, 0.1) is 7.11 Å². The monoisotopic (exact) mass is 250 g/mol. The van der Waals surface area contributed by atoms with Crippen molar-refractivity contribution in [3.8, 4) is 0 Å². The van der Waals surface area contributed by atoms with E-state index in [1.54, 1.807) is 7.05 Å². The Morgan fingerprint density at radius 1 is 1.22 bits per heavy atom. The molecule has 0 heterocycles. The molecule has 0 aliphatic heterocycles. The van der Waals surface area contributed by atoms with Crippen LogP contribution in [0.1, 0.15) is 30.6 Å². The molecule has 0 fully saturated rings. The van der Waals surface area contributed by atoms with Crippen LogP contribution in [-0.2, 0) is 4.84 Å². The molecule has 4 nitrogen and oxygen atoms in total. The molecular formula is C14H22N2O2. The van der Waals surface area contributed by atoms with E-state index in [4.69, 9.17) is 4.84 Å². The quantitative estimate of drug-likeness (QED) is 0.727. The minimum atomic E-state index is -0.136. The number of benzene rings is 1. The van der Waals surface area contributed by atoms with Gasteiger partial charge in [-0.25, -0.2) is 5.06 Å². The highest BCUT2D eigenvalue weighted by molar-refractivity contribution is 5.93. The highest BCUT2D eigenvalue weighted by atomic mass is 16.7. The van der Waals surface area contributed by atoms with Gasteiger partial charge in [-0.3, -0.25) is 9.63 Å². The summed E-state index contributed by atoms with van der Waals surface area (Å²) < 4.78 is 0. The van der Waals surface area contributed by atoms with Gasteiger partial charge in [-0.1, -0.05) is 6.92 Å². The van der Waals surface area contributed by atoms with E-state index in [0.717, 1.165) is 25.2 Å². The van der Waals surface area contributed by atoms with Crippen LogP contribution in [0.25, 0.3) is 0 Å². The Labute approximate surface area is 109 Å². The molecule has 0 radical (unpaired) electrons. The summed E-state index contributed by atoms with van der Waals surface area (Å²) in [7, 11) is 3.08. The predicted molar refractivity (Wildman–Crippen MR) is 73.7 cm³/mol. The van der Waals surface area contributed by atoms with Crippen molar-refractivity contribution in [1.82, 2.24) is 5.06 Å². The lowest BCUT2D eigenvalue weighted by atomic mass is 10.2. The van der Waals surface area contributed by atoms with Gasteiger partial charge in [0.25, 0.3) is 5.91 Å². The summed E-state index contributed by atoms with van der Waals surface area (Å²) in [5, 5.41) is 1.22. The number of hydrogen-bond donors (Lipinski definition) is 0. The average Bonchev–Trinajstić information content (AvgIpc) is 2.43. The summed E-state index contributed by atoms with van der Waals surface area (Å²) in [5.74, 6) is -0.136. The topological polar surface area (TPSA) is 32.8 Å². The molecular weight excluding hydrogens is 228 g/mol. The van der Waals surface area contributed by atoms with Gasteiger partial charge >= 0.3 is 0 Å². The number of anilines is 1. The SMILES string of the molecule is CCCN(CC)c1ccc(C(=O)N(C)OC)cc1. The van der Waals surface area contributed by atoms with Crippen molar-refractivity contribution >= 4 is 11.6 Å². The van der Waals surface area contributed by atoms with Crippen molar-refractivity contribution < 1.29 is 9.63 Å². The lowest BCUT2D eigenvalue weighted by Crippen LogP contribution is -2.26. The number of hydroxylamine groups is 2. The molecule has 0 unspecified atom stereocenters. The second-order valence-electron chi connectivity index (χ2n) is 4.11. The van der Waals surface area contributed by atoms with Gasteiger partial charge in [-0.2, -0.15) is 0 Å². The largest absolute Gasteiger partial charge is 0.372 e. The summed E-state index contributed by atoms with van der Waals surface area (Å²) >= 11 is 0. The van der Waals surface area contributed by atoms with Crippen LogP contribution in [0.2, 0.25) is 0 Å². The predicted octanol–water partition coefficient (Wildman–Crippen LogP) is 2.56. The van der Waals surface area contributed by atoms with Crippen LogP contribution >= 0.6 is 0 Å². The molecule has 0 N–H and O–H groups in total. The molecule has 0 aliphatic rings.